The number of rotatable bonds is 20. The van der Waals surface area contributed by atoms with Crippen LogP contribution >= 0.6 is 0 Å². The molecule has 12 nitrogen and oxygen atoms in total. The number of carbonyl (C=O) groups excluding carboxylic acids is 5. The van der Waals surface area contributed by atoms with Crippen LogP contribution in [0.3, 0.4) is 0 Å². The minimum Gasteiger partial charge on any atom is -0.480 e. The summed E-state index contributed by atoms with van der Waals surface area (Å²) in [7, 11) is 0. The molecule has 0 saturated heterocycles. The quantitative estimate of drug-likeness (QED) is 0.118. The molecule has 1 aliphatic rings. The van der Waals surface area contributed by atoms with Crippen LogP contribution < -0.4 is 26.6 Å². The fraction of sp³-hybridized carbons (Fsp3) is 0.550. The molecule has 1 aliphatic carbocycles. The third-order valence-electron chi connectivity index (χ3n) is 9.66. The normalized spacial score (nSPS) is 16.0. The first-order chi connectivity index (χ1) is 25.0. The minimum absolute atomic E-state index is 0.203. The van der Waals surface area contributed by atoms with Crippen molar-refractivity contribution in [1.82, 2.24) is 26.6 Å². The van der Waals surface area contributed by atoms with Gasteiger partial charge >= 0.3 is 5.97 Å². The van der Waals surface area contributed by atoms with Gasteiger partial charge in [0.1, 0.15) is 30.2 Å². The molecule has 1 fully saturated rings. The fourth-order valence-electron chi connectivity index (χ4n) is 6.95. The maximum absolute atomic E-state index is 14.5. The van der Waals surface area contributed by atoms with Crippen LogP contribution in [0.5, 0.6) is 0 Å². The van der Waals surface area contributed by atoms with Crippen LogP contribution in [-0.4, -0.2) is 70.8 Å². The van der Waals surface area contributed by atoms with Gasteiger partial charge in [-0.05, 0) is 42.7 Å². The number of benzene rings is 2. The summed E-state index contributed by atoms with van der Waals surface area (Å²) in [4.78, 5) is 79.5. The summed E-state index contributed by atoms with van der Waals surface area (Å²) in [6.45, 7) is 6.79. The zero-order valence-electron chi connectivity index (χ0n) is 31.0. The van der Waals surface area contributed by atoms with Crippen LogP contribution in [0.4, 0.5) is 0 Å². The summed E-state index contributed by atoms with van der Waals surface area (Å²) in [5.41, 5.74) is 1.47. The predicted molar refractivity (Wildman–Crippen MR) is 199 cm³/mol. The van der Waals surface area contributed by atoms with Gasteiger partial charge in [0.2, 0.25) is 29.5 Å². The highest BCUT2D eigenvalue weighted by Gasteiger charge is 2.37. The Morgan fingerprint density at radius 2 is 1.08 bits per heavy atom. The van der Waals surface area contributed by atoms with E-state index >= 15 is 0 Å². The molecule has 6 N–H and O–H groups in total. The van der Waals surface area contributed by atoms with Crippen LogP contribution in [0.1, 0.15) is 115 Å². The van der Waals surface area contributed by atoms with Crippen LogP contribution in [-0.2, 0) is 28.8 Å². The molecule has 5 amide bonds. The van der Waals surface area contributed by atoms with Crippen molar-refractivity contribution in [3.05, 3.63) is 71.8 Å². The van der Waals surface area contributed by atoms with Gasteiger partial charge < -0.3 is 31.7 Å². The first-order valence-corrected chi connectivity index (χ1v) is 18.8. The predicted octanol–water partition coefficient (Wildman–Crippen LogP) is 4.33. The Hall–Kier alpha value is -4.74. The number of aliphatic carboxylic acids is 1. The molecule has 12 heteroatoms. The number of carboxylic acid groups (broad SMARTS) is 1. The standard InChI is InChI=1S/C40H57N5O7/c1-5-17-31(37(48)44-33(40(51)52)25-27-19-11-8-12-20-27)43-39(50)35(34(28-21-13-9-14-22-28)29-23-15-10-16-24-29)45-38(49)32(18-6-2)42-36(47)30(7-3)41-26(4)46/h9-10,13-16,21-24,27,30-35H,5-8,11-12,17-20,25H2,1-4H3,(H,41,46)(H,42,47)(H,43,50)(H,44,48)(H,45,49)(H,51,52). The first-order valence-electron chi connectivity index (χ1n) is 18.8. The van der Waals surface area contributed by atoms with Crippen molar-refractivity contribution in [2.45, 2.75) is 134 Å². The van der Waals surface area contributed by atoms with Crippen LogP contribution in [0.25, 0.3) is 0 Å². The van der Waals surface area contributed by atoms with E-state index in [9.17, 15) is 33.9 Å². The Labute approximate surface area is 307 Å². The Morgan fingerprint density at radius 3 is 1.54 bits per heavy atom. The second-order valence-electron chi connectivity index (χ2n) is 13.8. The molecule has 0 spiro atoms. The van der Waals surface area contributed by atoms with Crippen molar-refractivity contribution in [1.29, 1.82) is 0 Å². The second kappa shape index (κ2) is 21.6. The third-order valence-corrected chi connectivity index (χ3v) is 9.66. The molecule has 2 aromatic rings. The van der Waals surface area contributed by atoms with E-state index in [2.05, 4.69) is 26.6 Å². The second-order valence-corrected chi connectivity index (χ2v) is 13.8. The SMILES string of the molecule is CCCC(NC(=O)C(CC)NC(C)=O)C(=O)NC(C(=O)NC(CCC)C(=O)NC(CC1CCCCC1)C(=O)O)C(c1ccccc1)c1ccccc1. The third kappa shape index (κ3) is 12.8. The molecular formula is C40H57N5O7. The number of carbonyl (C=O) groups is 6. The van der Waals surface area contributed by atoms with Gasteiger partial charge in [-0.15, -0.1) is 0 Å². The van der Waals surface area contributed by atoms with Gasteiger partial charge in [-0.25, -0.2) is 4.79 Å². The Morgan fingerprint density at radius 1 is 0.615 bits per heavy atom. The number of amides is 5. The van der Waals surface area contributed by atoms with Gasteiger partial charge in [0.05, 0.1) is 0 Å². The highest BCUT2D eigenvalue weighted by Crippen LogP contribution is 2.30. The molecule has 5 unspecified atom stereocenters. The zero-order valence-corrected chi connectivity index (χ0v) is 31.0. The minimum atomic E-state index is -1.24. The van der Waals surface area contributed by atoms with Crippen molar-refractivity contribution < 1.29 is 33.9 Å². The molecule has 0 bridgehead atoms. The molecule has 0 heterocycles. The molecule has 5 atom stereocenters. The lowest BCUT2D eigenvalue weighted by Crippen LogP contribution is -2.60. The number of hydrogen-bond acceptors (Lipinski definition) is 6. The molecule has 0 radical (unpaired) electrons. The van der Waals surface area contributed by atoms with E-state index in [4.69, 9.17) is 0 Å². The smallest absolute Gasteiger partial charge is 0.326 e. The summed E-state index contributed by atoms with van der Waals surface area (Å²) in [5, 5.41) is 23.9. The molecule has 3 rings (SSSR count). The molecule has 1 saturated carbocycles. The van der Waals surface area contributed by atoms with Crippen molar-refractivity contribution in [2.75, 3.05) is 0 Å². The van der Waals surface area contributed by atoms with Crippen molar-refractivity contribution in [2.24, 2.45) is 5.92 Å². The van der Waals surface area contributed by atoms with Gasteiger partial charge in [-0.1, -0.05) is 126 Å². The largest absolute Gasteiger partial charge is 0.480 e. The van der Waals surface area contributed by atoms with Gasteiger partial charge in [0, 0.05) is 12.8 Å². The maximum Gasteiger partial charge on any atom is 0.326 e. The van der Waals surface area contributed by atoms with E-state index < -0.39 is 65.7 Å². The fourth-order valence-corrected chi connectivity index (χ4v) is 6.95. The molecule has 2 aromatic carbocycles. The van der Waals surface area contributed by atoms with Gasteiger partial charge in [-0.2, -0.15) is 0 Å². The van der Waals surface area contributed by atoms with E-state index in [0.29, 0.717) is 25.7 Å². The Balaban J connectivity index is 1.97. The Kier molecular flexibility index (Phi) is 17.3. The summed E-state index contributed by atoms with van der Waals surface area (Å²) < 4.78 is 0. The van der Waals surface area contributed by atoms with Crippen molar-refractivity contribution >= 4 is 35.5 Å². The van der Waals surface area contributed by atoms with Crippen LogP contribution in [0, 0.1) is 5.92 Å². The van der Waals surface area contributed by atoms with Gasteiger partial charge in [0.15, 0.2) is 0 Å². The van der Waals surface area contributed by atoms with E-state index in [1.54, 1.807) is 6.92 Å². The topological polar surface area (TPSA) is 183 Å². The van der Waals surface area contributed by atoms with E-state index in [0.717, 1.165) is 43.2 Å². The lowest BCUT2D eigenvalue weighted by Gasteiger charge is -2.32. The first kappa shape index (κ1) is 41.7. The van der Waals surface area contributed by atoms with E-state index in [1.165, 1.54) is 6.92 Å². The van der Waals surface area contributed by atoms with Crippen LogP contribution in [0.2, 0.25) is 0 Å². The van der Waals surface area contributed by atoms with Crippen molar-refractivity contribution in [3.8, 4) is 0 Å². The van der Waals surface area contributed by atoms with Gasteiger partial charge in [-0.3, -0.25) is 24.0 Å². The van der Waals surface area contributed by atoms with Crippen molar-refractivity contribution in [3.63, 3.8) is 0 Å². The summed E-state index contributed by atoms with van der Waals surface area (Å²) >= 11 is 0. The Bertz CT molecular complexity index is 1430. The van der Waals surface area contributed by atoms with Crippen LogP contribution in [0.15, 0.2) is 60.7 Å². The summed E-state index contributed by atoms with van der Waals surface area (Å²) in [6.07, 6.45) is 7.23. The number of carboxylic acids is 1. The monoisotopic (exact) mass is 719 g/mol. The molecule has 284 valence electrons. The molecule has 0 aromatic heterocycles. The average Bonchev–Trinajstić information content (AvgIpc) is 3.13. The van der Waals surface area contributed by atoms with Gasteiger partial charge in [0.25, 0.3) is 0 Å². The van der Waals surface area contributed by atoms with E-state index in [1.807, 2.05) is 74.5 Å². The average molecular weight is 720 g/mol. The number of nitrogens with one attached hydrogen (secondary N) is 5. The number of hydrogen-bond donors (Lipinski definition) is 6. The molecular weight excluding hydrogens is 662 g/mol. The highest BCUT2D eigenvalue weighted by molar-refractivity contribution is 5.96. The lowest BCUT2D eigenvalue weighted by atomic mass is 9.84. The zero-order chi connectivity index (χ0) is 38.0. The highest BCUT2D eigenvalue weighted by atomic mass is 16.4. The molecule has 52 heavy (non-hydrogen) atoms. The lowest BCUT2D eigenvalue weighted by molar-refractivity contribution is -0.143. The maximum atomic E-state index is 14.5. The summed E-state index contributed by atoms with van der Waals surface area (Å²) in [5.74, 6) is -4.34. The molecule has 0 aliphatic heterocycles. The van der Waals surface area contributed by atoms with E-state index in [-0.39, 0.29) is 24.7 Å². The summed E-state index contributed by atoms with van der Waals surface area (Å²) in [6, 6.07) is 13.2.